The van der Waals surface area contributed by atoms with E-state index in [0.717, 1.165) is 16.6 Å². The van der Waals surface area contributed by atoms with Gasteiger partial charge in [0, 0.05) is 18.1 Å². The van der Waals surface area contributed by atoms with E-state index >= 15 is 0 Å². The Morgan fingerprint density at radius 2 is 2.16 bits per heavy atom. The SMILES string of the molecule is CCC(O)CCNC(=O)c1nnn(-c2cccc3ncccc23)c1C. The van der Waals surface area contributed by atoms with E-state index < -0.39 is 6.10 Å². The number of aliphatic hydroxyl groups excluding tert-OH is 1. The number of carbonyl (C=O) groups is 1. The number of pyridine rings is 1. The minimum absolute atomic E-state index is 0.284. The Morgan fingerprint density at radius 3 is 2.96 bits per heavy atom. The molecule has 3 rings (SSSR count). The van der Waals surface area contributed by atoms with Crippen LogP contribution < -0.4 is 5.32 Å². The molecule has 1 unspecified atom stereocenters. The van der Waals surface area contributed by atoms with Crippen molar-refractivity contribution in [3.63, 3.8) is 0 Å². The van der Waals surface area contributed by atoms with Crippen LogP contribution in [0, 0.1) is 6.92 Å². The Labute approximate surface area is 145 Å². The molecule has 2 aromatic heterocycles. The van der Waals surface area contributed by atoms with E-state index in [9.17, 15) is 9.90 Å². The number of amides is 1. The van der Waals surface area contributed by atoms with Crippen molar-refractivity contribution in [2.45, 2.75) is 32.8 Å². The molecule has 2 heterocycles. The highest BCUT2D eigenvalue weighted by Crippen LogP contribution is 2.21. The van der Waals surface area contributed by atoms with Crippen molar-refractivity contribution in [1.82, 2.24) is 25.3 Å². The molecule has 7 nitrogen and oxygen atoms in total. The zero-order valence-electron chi connectivity index (χ0n) is 14.3. The summed E-state index contributed by atoms with van der Waals surface area (Å²) in [6, 6.07) is 9.58. The normalized spacial score (nSPS) is 12.3. The summed E-state index contributed by atoms with van der Waals surface area (Å²) in [5, 5.41) is 21.5. The molecule has 0 radical (unpaired) electrons. The predicted octanol–water partition coefficient (Wildman–Crippen LogP) is 2.01. The summed E-state index contributed by atoms with van der Waals surface area (Å²) in [5.74, 6) is -0.287. The smallest absolute Gasteiger partial charge is 0.273 e. The van der Waals surface area contributed by atoms with E-state index in [2.05, 4.69) is 20.6 Å². The molecular weight excluding hydrogens is 318 g/mol. The van der Waals surface area contributed by atoms with Crippen molar-refractivity contribution >= 4 is 16.8 Å². The van der Waals surface area contributed by atoms with E-state index in [1.165, 1.54) is 0 Å². The maximum atomic E-state index is 12.3. The summed E-state index contributed by atoms with van der Waals surface area (Å²) in [7, 11) is 0. The van der Waals surface area contributed by atoms with Gasteiger partial charge in [-0.05, 0) is 44.0 Å². The van der Waals surface area contributed by atoms with Gasteiger partial charge in [-0.2, -0.15) is 0 Å². The summed E-state index contributed by atoms with van der Waals surface area (Å²) in [4.78, 5) is 16.7. The van der Waals surface area contributed by atoms with Crippen LogP contribution in [0.5, 0.6) is 0 Å². The lowest BCUT2D eigenvalue weighted by Crippen LogP contribution is -2.28. The van der Waals surface area contributed by atoms with Crippen LogP contribution in [0.3, 0.4) is 0 Å². The third kappa shape index (κ3) is 3.51. The largest absolute Gasteiger partial charge is 0.393 e. The fraction of sp³-hybridized carbons (Fsp3) is 0.333. The van der Waals surface area contributed by atoms with Crippen LogP contribution in [-0.2, 0) is 0 Å². The summed E-state index contributed by atoms with van der Waals surface area (Å²) >= 11 is 0. The first-order valence-corrected chi connectivity index (χ1v) is 8.34. The van der Waals surface area contributed by atoms with Gasteiger partial charge in [0.2, 0.25) is 0 Å². The summed E-state index contributed by atoms with van der Waals surface area (Å²) in [6.07, 6.45) is 2.52. The fourth-order valence-electron chi connectivity index (χ4n) is 2.68. The quantitative estimate of drug-likeness (QED) is 0.717. The monoisotopic (exact) mass is 339 g/mol. The second-order valence-corrected chi connectivity index (χ2v) is 5.89. The average Bonchev–Trinajstić information content (AvgIpc) is 3.02. The Bertz CT molecular complexity index is 885. The first-order chi connectivity index (χ1) is 12.1. The molecule has 1 aromatic carbocycles. The standard InChI is InChI=1S/C18H21N5O2/c1-3-13(24)9-11-20-18(25)17-12(2)23(22-21-17)16-8-4-7-15-14(16)6-5-10-19-15/h4-8,10,13,24H,3,9,11H2,1-2H3,(H,20,25). The van der Waals surface area contributed by atoms with Crippen LogP contribution in [0.4, 0.5) is 0 Å². The van der Waals surface area contributed by atoms with Crippen molar-refractivity contribution in [3.8, 4) is 5.69 Å². The molecule has 0 bridgehead atoms. The number of rotatable bonds is 6. The summed E-state index contributed by atoms with van der Waals surface area (Å²) in [6.45, 7) is 4.12. The number of aliphatic hydroxyl groups is 1. The molecule has 0 aliphatic carbocycles. The Hall–Kier alpha value is -2.80. The van der Waals surface area contributed by atoms with Crippen molar-refractivity contribution in [2.75, 3.05) is 6.54 Å². The van der Waals surface area contributed by atoms with Crippen molar-refractivity contribution < 1.29 is 9.90 Å². The molecule has 25 heavy (non-hydrogen) atoms. The molecule has 0 fully saturated rings. The van der Waals surface area contributed by atoms with Crippen molar-refractivity contribution in [2.24, 2.45) is 0 Å². The molecule has 0 saturated carbocycles. The van der Waals surface area contributed by atoms with Crippen LogP contribution in [0.1, 0.15) is 35.9 Å². The summed E-state index contributed by atoms with van der Waals surface area (Å²) < 4.78 is 1.65. The van der Waals surface area contributed by atoms with Crippen LogP contribution >= 0.6 is 0 Å². The number of nitrogens with one attached hydrogen (secondary N) is 1. The lowest BCUT2D eigenvalue weighted by Gasteiger charge is -2.09. The molecule has 1 atom stereocenters. The minimum Gasteiger partial charge on any atom is -0.393 e. The van der Waals surface area contributed by atoms with E-state index in [0.29, 0.717) is 25.1 Å². The van der Waals surface area contributed by atoms with Gasteiger partial charge in [0.05, 0.1) is 23.0 Å². The van der Waals surface area contributed by atoms with Gasteiger partial charge in [-0.3, -0.25) is 9.78 Å². The molecular formula is C18H21N5O2. The molecule has 3 aromatic rings. The minimum atomic E-state index is -0.403. The van der Waals surface area contributed by atoms with E-state index in [-0.39, 0.29) is 11.6 Å². The van der Waals surface area contributed by atoms with Crippen LogP contribution in [0.2, 0.25) is 0 Å². The predicted molar refractivity (Wildman–Crippen MR) is 94.6 cm³/mol. The number of hydrogen-bond donors (Lipinski definition) is 2. The van der Waals surface area contributed by atoms with Gasteiger partial charge in [-0.1, -0.05) is 18.2 Å². The van der Waals surface area contributed by atoms with E-state index in [1.807, 2.05) is 44.2 Å². The number of fused-ring (bicyclic) bond motifs is 1. The number of aromatic nitrogens is 4. The Kier molecular flexibility index (Phi) is 5.04. The molecule has 0 saturated heterocycles. The zero-order valence-corrected chi connectivity index (χ0v) is 14.3. The Balaban J connectivity index is 1.85. The molecule has 0 spiro atoms. The van der Waals surface area contributed by atoms with Gasteiger partial charge in [-0.25, -0.2) is 4.68 Å². The van der Waals surface area contributed by atoms with Crippen LogP contribution in [-0.4, -0.2) is 43.6 Å². The second-order valence-electron chi connectivity index (χ2n) is 5.89. The molecule has 0 aliphatic rings. The first kappa shape index (κ1) is 17.0. The molecule has 0 aliphatic heterocycles. The van der Waals surface area contributed by atoms with Gasteiger partial charge in [-0.15, -0.1) is 5.10 Å². The van der Waals surface area contributed by atoms with E-state index in [1.54, 1.807) is 10.9 Å². The van der Waals surface area contributed by atoms with Crippen molar-refractivity contribution in [1.29, 1.82) is 0 Å². The highest BCUT2D eigenvalue weighted by molar-refractivity contribution is 5.93. The Morgan fingerprint density at radius 1 is 1.32 bits per heavy atom. The summed E-state index contributed by atoms with van der Waals surface area (Å²) in [5.41, 5.74) is 2.63. The lowest BCUT2D eigenvalue weighted by atomic mass is 10.1. The first-order valence-electron chi connectivity index (χ1n) is 8.34. The second kappa shape index (κ2) is 7.40. The van der Waals surface area contributed by atoms with Gasteiger partial charge < -0.3 is 10.4 Å². The highest BCUT2D eigenvalue weighted by atomic mass is 16.3. The lowest BCUT2D eigenvalue weighted by molar-refractivity contribution is 0.0936. The fourth-order valence-corrected chi connectivity index (χ4v) is 2.68. The number of hydrogen-bond acceptors (Lipinski definition) is 5. The molecule has 1 amide bonds. The van der Waals surface area contributed by atoms with Gasteiger partial charge in [0.15, 0.2) is 5.69 Å². The van der Waals surface area contributed by atoms with Gasteiger partial charge in [0.1, 0.15) is 0 Å². The average molecular weight is 339 g/mol. The molecule has 7 heteroatoms. The zero-order chi connectivity index (χ0) is 17.8. The number of carbonyl (C=O) groups excluding carboxylic acids is 1. The molecule has 130 valence electrons. The third-order valence-corrected chi connectivity index (χ3v) is 4.19. The van der Waals surface area contributed by atoms with Crippen LogP contribution in [0.25, 0.3) is 16.6 Å². The maximum Gasteiger partial charge on any atom is 0.273 e. The van der Waals surface area contributed by atoms with Gasteiger partial charge in [0.25, 0.3) is 5.91 Å². The topological polar surface area (TPSA) is 92.9 Å². The van der Waals surface area contributed by atoms with Crippen molar-refractivity contribution in [3.05, 3.63) is 47.9 Å². The number of nitrogens with zero attached hydrogens (tertiary/aromatic N) is 4. The molecule has 2 N–H and O–H groups in total. The van der Waals surface area contributed by atoms with Crippen LogP contribution in [0.15, 0.2) is 36.5 Å². The highest BCUT2D eigenvalue weighted by Gasteiger charge is 2.18. The van der Waals surface area contributed by atoms with E-state index in [4.69, 9.17) is 0 Å². The number of benzene rings is 1. The third-order valence-electron chi connectivity index (χ3n) is 4.19. The van der Waals surface area contributed by atoms with Gasteiger partial charge >= 0.3 is 0 Å². The maximum absolute atomic E-state index is 12.3.